The van der Waals surface area contributed by atoms with Crippen molar-refractivity contribution < 1.29 is 4.74 Å². The van der Waals surface area contributed by atoms with Crippen LogP contribution in [-0.4, -0.2) is 12.2 Å². The van der Waals surface area contributed by atoms with Gasteiger partial charge in [0.25, 0.3) is 0 Å². The van der Waals surface area contributed by atoms with Gasteiger partial charge in [-0.1, -0.05) is 20.8 Å². The van der Waals surface area contributed by atoms with Gasteiger partial charge in [0.1, 0.15) is 0 Å². The maximum absolute atomic E-state index is 5.49. The van der Waals surface area contributed by atoms with Crippen molar-refractivity contribution in [3.8, 4) is 0 Å². The number of rotatable bonds is 1. The molecular formula is C9H20O. The van der Waals surface area contributed by atoms with Gasteiger partial charge in [0.2, 0.25) is 0 Å². The van der Waals surface area contributed by atoms with Crippen LogP contribution in [0.4, 0.5) is 0 Å². The molecule has 1 saturated heterocycles. The summed E-state index contributed by atoms with van der Waals surface area (Å²) in [6.07, 6.45) is 3.67. The van der Waals surface area contributed by atoms with Gasteiger partial charge in [0.15, 0.2) is 0 Å². The number of ether oxygens (including phenoxy) is 1. The zero-order chi connectivity index (χ0) is 8.04. The Balaban J connectivity index is 0.000000371. The molecule has 1 aliphatic heterocycles. The van der Waals surface area contributed by atoms with E-state index in [1.807, 2.05) is 13.8 Å². The lowest BCUT2D eigenvalue weighted by Gasteiger charge is -2.19. The van der Waals surface area contributed by atoms with Crippen LogP contribution < -0.4 is 0 Å². The van der Waals surface area contributed by atoms with Crippen molar-refractivity contribution in [3.05, 3.63) is 0 Å². The highest BCUT2D eigenvalue weighted by Crippen LogP contribution is 2.27. The van der Waals surface area contributed by atoms with Crippen molar-refractivity contribution in [1.29, 1.82) is 0 Å². The zero-order valence-corrected chi connectivity index (χ0v) is 7.74. The topological polar surface area (TPSA) is 9.23 Å². The van der Waals surface area contributed by atoms with Crippen molar-refractivity contribution in [2.24, 2.45) is 0 Å². The van der Waals surface area contributed by atoms with Crippen LogP contribution in [0.5, 0.6) is 0 Å². The van der Waals surface area contributed by atoms with Gasteiger partial charge in [0.05, 0.1) is 5.60 Å². The molecule has 0 spiro atoms. The highest BCUT2D eigenvalue weighted by atomic mass is 16.5. The predicted octanol–water partition coefficient (Wildman–Crippen LogP) is 2.99. The van der Waals surface area contributed by atoms with E-state index in [1.165, 1.54) is 12.8 Å². The lowest BCUT2D eigenvalue weighted by Crippen LogP contribution is -2.20. The lowest BCUT2D eigenvalue weighted by molar-refractivity contribution is 0.0173. The second kappa shape index (κ2) is 4.73. The van der Waals surface area contributed by atoms with Gasteiger partial charge in [-0.3, -0.25) is 0 Å². The SMILES string of the molecule is CC.CCC1(C)CCCO1. The Hall–Kier alpha value is -0.0400. The first-order chi connectivity index (χ1) is 4.77. The second-order valence-corrected chi connectivity index (χ2v) is 2.76. The largest absolute Gasteiger partial charge is 0.375 e. The van der Waals surface area contributed by atoms with Gasteiger partial charge < -0.3 is 4.74 Å². The molecule has 0 saturated carbocycles. The molecule has 0 aliphatic carbocycles. The summed E-state index contributed by atoms with van der Waals surface area (Å²) in [5.41, 5.74) is 0.236. The fourth-order valence-electron chi connectivity index (χ4n) is 1.12. The van der Waals surface area contributed by atoms with E-state index >= 15 is 0 Å². The first-order valence-corrected chi connectivity index (χ1v) is 4.41. The molecule has 1 unspecified atom stereocenters. The molecular weight excluding hydrogens is 124 g/mol. The van der Waals surface area contributed by atoms with Gasteiger partial charge in [-0.25, -0.2) is 0 Å². The van der Waals surface area contributed by atoms with Crippen LogP contribution in [-0.2, 0) is 4.74 Å². The first kappa shape index (κ1) is 9.96. The Morgan fingerprint density at radius 3 is 2.20 bits per heavy atom. The Morgan fingerprint density at radius 2 is 2.00 bits per heavy atom. The first-order valence-electron chi connectivity index (χ1n) is 4.41. The van der Waals surface area contributed by atoms with Crippen LogP contribution in [0, 0.1) is 0 Å². The third kappa shape index (κ3) is 2.70. The van der Waals surface area contributed by atoms with Gasteiger partial charge >= 0.3 is 0 Å². The molecule has 1 rings (SSSR count). The fraction of sp³-hybridized carbons (Fsp3) is 1.00. The molecule has 1 nitrogen and oxygen atoms in total. The van der Waals surface area contributed by atoms with Crippen LogP contribution in [0.15, 0.2) is 0 Å². The van der Waals surface area contributed by atoms with Crippen LogP contribution in [0.25, 0.3) is 0 Å². The van der Waals surface area contributed by atoms with E-state index in [1.54, 1.807) is 0 Å². The molecule has 0 N–H and O–H groups in total. The quantitative estimate of drug-likeness (QED) is 0.549. The van der Waals surface area contributed by atoms with E-state index in [0.29, 0.717) is 0 Å². The average molecular weight is 144 g/mol. The molecule has 0 aromatic rings. The minimum Gasteiger partial charge on any atom is -0.375 e. The van der Waals surface area contributed by atoms with Crippen molar-refractivity contribution in [2.45, 2.75) is 52.6 Å². The van der Waals surface area contributed by atoms with Crippen LogP contribution in [0.1, 0.15) is 47.0 Å². The third-order valence-corrected chi connectivity index (χ3v) is 2.05. The summed E-state index contributed by atoms with van der Waals surface area (Å²) in [5.74, 6) is 0. The lowest BCUT2D eigenvalue weighted by atomic mass is 10.0. The molecule has 0 amide bonds. The van der Waals surface area contributed by atoms with Crippen molar-refractivity contribution in [3.63, 3.8) is 0 Å². The van der Waals surface area contributed by atoms with Gasteiger partial charge in [0, 0.05) is 6.61 Å². The van der Waals surface area contributed by atoms with E-state index in [9.17, 15) is 0 Å². The van der Waals surface area contributed by atoms with Gasteiger partial charge in [-0.2, -0.15) is 0 Å². The average Bonchev–Trinajstić information content (AvgIpc) is 2.42. The van der Waals surface area contributed by atoms with Crippen LogP contribution >= 0.6 is 0 Å². The highest BCUT2D eigenvalue weighted by Gasteiger charge is 2.26. The molecule has 0 aromatic carbocycles. The molecule has 1 heterocycles. The van der Waals surface area contributed by atoms with Crippen LogP contribution in [0.3, 0.4) is 0 Å². The minimum absolute atomic E-state index is 0.236. The molecule has 0 radical (unpaired) electrons. The Labute approximate surface area is 64.8 Å². The van der Waals surface area contributed by atoms with E-state index in [4.69, 9.17) is 4.74 Å². The monoisotopic (exact) mass is 144 g/mol. The van der Waals surface area contributed by atoms with E-state index < -0.39 is 0 Å². The summed E-state index contributed by atoms with van der Waals surface area (Å²) in [6, 6.07) is 0. The van der Waals surface area contributed by atoms with Crippen LogP contribution in [0.2, 0.25) is 0 Å². The highest BCUT2D eigenvalue weighted by molar-refractivity contribution is 4.77. The summed E-state index contributed by atoms with van der Waals surface area (Å²) >= 11 is 0. The third-order valence-electron chi connectivity index (χ3n) is 2.05. The summed E-state index contributed by atoms with van der Waals surface area (Å²) in [4.78, 5) is 0. The zero-order valence-electron chi connectivity index (χ0n) is 7.74. The molecule has 1 heteroatoms. The van der Waals surface area contributed by atoms with E-state index in [2.05, 4.69) is 13.8 Å². The standard InChI is InChI=1S/C7H14O.C2H6/c1-3-7(2)5-4-6-8-7;1-2/h3-6H2,1-2H3;1-2H3. The molecule has 1 fully saturated rings. The second-order valence-electron chi connectivity index (χ2n) is 2.76. The normalized spacial score (nSPS) is 31.2. The molecule has 0 bridgehead atoms. The summed E-state index contributed by atoms with van der Waals surface area (Å²) in [7, 11) is 0. The number of hydrogen-bond donors (Lipinski definition) is 0. The Morgan fingerprint density at radius 1 is 1.40 bits per heavy atom. The van der Waals surface area contributed by atoms with Gasteiger partial charge in [-0.05, 0) is 26.2 Å². The molecule has 62 valence electrons. The van der Waals surface area contributed by atoms with Crippen molar-refractivity contribution >= 4 is 0 Å². The Bertz CT molecular complexity index is 72.8. The molecule has 0 aromatic heterocycles. The van der Waals surface area contributed by atoms with Gasteiger partial charge in [-0.15, -0.1) is 0 Å². The maximum atomic E-state index is 5.49. The fourth-order valence-corrected chi connectivity index (χ4v) is 1.12. The van der Waals surface area contributed by atoms with E-state index in [-0.39, 0.29) is 5.60 Å². The number of hydrogen-bond acceptors (Lipinski definition) is 1. The van der Waals surface area contributed by atoms with Crippen molar-refractivity contribution in [2.75, 3.05) is 6.61 Å². The van der Waals surface area contributed by atoms with E-state index in [0.717, 1.165) is 13.0 Å². The molecule has 10 heavy (non-hydrogen) atoms. The predicted molar refractivity (Wildman–Crippen MR) is 45.2 cm³/mol. The summed E-state index contributed by atoms with van der Waals surface area (Å²) in [5, 5.41) is 0. The van der Waals surface area contributed by atoms with Crippen molar-refractivity contribution in [1.82, 2.24) is 0 Å². The maximum Gasteiger partial charge on any atom is 0.0652 e. The molecule has 1 atom stereocenters. The summed E-state index contributed by atoms with van der Waals surface area (Å²) in [6.45, 7) is 9.36. The Kier molecular flexibility index (Phi) is 4.71. The summed E-state index contributed by atoms with van der Waals surface area (Å²) < 4.78 is 5.49. The molecule has 1 aliphatic rings. The minimum atomic E-state index is 0.236. The smallest absolute Gasteiger partial charge is 0.0652 e.